The molecule has 3 aromatic rings. The van der Waals surface area contributed by atoms with Gasteiger partial charge in [0.25, 0.3) is 11.5 Å². The van der Waals surface area contributed by atoms with E-state index in [-0.39, 0.29) is 5.56 Å². The number of carbonyl (C=O) groups excluding carboxylic acids is 1. The number of carbonyl (C=O) groups is 1. The molecule has 0 radical (unpaired) electrons. The molecule has 3 rings (SSSR count). The number of anilines is 1. The van der Waals surface area contributed by atoms with Crippen LogP contribution in [0.4, 0.5) is 5.69 Å². The number of hydrogen-bond donors (Lipinski definition) is 2. The number of hydrogen-bond acceptors (Lipinski definition) is 3. The first-order valence-corrected chi connectivity index (χ1v) is 7.35. The van der Waals surface area contributed by atoms with Gasteiger partial charge in [0.2, 0.25) is 0 Å². The second kappa shape index (κ2) is 6.37. The topological polar surface area (TPSA) is 84.0 Å². The van der Waals surface area contributed by atoms with Crippen LogP contribution in [0, 0.1) is 6.92 Å². The van der Waals surface area contributed by atoms with Crippen molar-refractivity contribution in [3.8, 4) is 5.69 Å². The molecule has 0 aliphatic carbocycles. The van der Waals surface area contributed by atoms with E-state index in [0.717, 1.165) is 16.3 Å². The molecule has 2 aromatic carbocycles. The highest BCUT2D eigenvalue weighted by Crippen LogP contribution is 2.13. The summed E-state index contributed by atoms with van der Waals surface area (Å²) in [7, 11) is 0. The van der Waals surface area contributed by atoms with Crippen LogP contribution in [0.3, 0.4) is 0 Å². The highest BCUT2D eigenvalue weighted by molar-refractivity contribution is 6.04. The van der Waals surface area contributed by atoms with Crippen molar-refractivity contribution >= 4 is 11.6 Å². The van der Waals surface area contributed by atoms with Crippen molar-refractivity contribution in [3.63, 3.8) is 0 Å². The maximum Gasteiger partial charge on any atom is 0.333 e. The second-order valence-corrected chi connectivity index (χ2v) is 5.25. The van der Waals surface area contributed by atoms with E-state index in [1.54, 1.807) is 42.5 Å². The highest BCUT2D eigenvalue weighted by Gasteiger charge is 2.16. The van der Waals surface area contributed by atoms with Crippen LogP contribution in [0.25, 0.3) is 5.69 Å². The van der Waals surface area contributed by atoms with Crippen molar-refractivity contribution in [3.05, 3.63) is 92.8 Å². The molecule has 6 nitrogen and oxygen atoms in total. The number of H-pyrrole nitrogens is 1. The van der Waals surface area contributed by atoms with Crippen molar-refractivity contribution in [1.29, 1.82) is 0 Å². The molecule has 0 spiro atoms. The van der Waals surface area contributed by atoms with E-state index in [1.165, 1.54) is 0 Å². The maximum absolute atomic E-state index is 12.6. The molecule has 1 amide bonds. The Kier molecular flexibility index (Phi) is 4.11. The first-order valence-electron chi connectivity index (χ1n) is 7.35. The number of nitrogens with zero attached hydrogens (tertiary/aromatic N) is 1. The molecular weight excluding hydrogens is 306 g/mol. The number of rotatable bonds is 3. The average molecular weight is 321 g/mol. The van der Waals surface area contributed by atoms with Gasteiger partial charge in [0.15, 0.2) is 0 Å². The Hall–Kier alpha value is -3.41. The van der Waals surface area contributed by atoms with E-state index in [1.807, 2.05) is 19.1 Å². The highest BCUT2D eigenvalue weighted by atomic mass is 16.2. The van der Waals surface area contributed by atoms with Crippen molar-refractivity contribution in [2.45, 2.75) is 6.92 Å². The van der Waals surface area contributed by atoms with Crippen LogP contribution in [0.15, 0.2) is 70.4 Å². The van der Waals surface area contributed by atoms with Crippen LogP contribution >= 0.6 is 0 Å². The van der Waals surface area contributed by atoms with Gasteiger partial charge in [0.1, 0.15) is 5.56 Å². The SMILES string of the molecule is Cc1ccccc1NC(=O)c1c[nH]c(=O)n(-c2ccccc2)c1=O. The van der Waals surface area contributed by atoms with Crippen LogP contribution in [0.1, 0.15) is 15.9 Å². The van der Waals surface area contributed by atoms with Crippen molar-refractivity contribution in [1.82, 2.24) is 9.55 Å². The van der Waals surface area contributed by atoms with Gasteiger partial charge in [-0.3, -0.25) is 9.59 Å². The van der Waals surface area contributed by atoms with Gasteiger partial charge in [-0.05, 0) is 30.7 Å². The van der Waals surface area contributed by atoms with Crippen molar-refractivity contribution in [2.75, 3.05) is 5.32 Å². The monoisotopic (exact) mass is 321 g/mol. The Morgan fingerprint density at radius 3 is 2.38 bits per heavy atom. The summed E-state index contributed by atoms with van der Waals surface area (Å²) in [6.07, 6.45) is 1.14. The number of aromatic nitrogens is 2. The predicted octanol–water partition coefficient (Wildman–Crippen LogP) is 2.09. The minimum Gasteiger partial charge on any atom is -0.322 e. The third-order valence-electron chi connectivity index (χ3n) is 3.63. The molecule has 0 saturated heterocycles. The van der Waals surface area contributed by atoms with Gasteiger partial charge in [0.05, 0.1) is 5.69 Å². The molecule has 0 bridgehead atoms. The molecule has 0 aliphatic heterocycles. The lowest BCUT2D eigenvalue weighted by Crippen LogP contribution is -2.38. The van der Waals surface area contributed by atoms with E-state index < -0.39 is 17.2 Å². The summed E-state index contributed by atoms with van der Waals surface area (Å²) in [5.41, 5.74) is 0.476. The van der Waals surface area contributed by atoms with E-state index in [9.17, 15) is 14.4 Å². The normalized spacial score (nSPS) is 10.4. The summed E-state index contributed by atoms with van der Waals surface area (Å²) < 4.78 is 0.937. The Bertz CT molecular complexity index is 1000. The average Bonchev–Trinajstić information content (AvgIpc) is 2.58. The lowest BCUT2D eigenvalue weighted by atomic mass is 10.2. The van der Waals surface area contributed by atoms with Crippen LogP contribution < -0.4 is 16.6 Å². The van der Waals surface area contributed by atoms with Gasteiger partial charge in [-0.25, -0.2) is 9.36 Å². The Morgan fingerprint density at radius 2 is 1.67 bits per heavy atom. The van der Waals surface area contributed by atoms with Crippen molar-refractivity contribution < 1.29 is 4.79 Å². The molecule has 0 atom stereocenters. The van der Waals surface area contributed by atoms with Crippen LogP contribution in [0.5, 0.6) is 0 Å². The largest absolute Gasteiger partial charge is 0.333 e. The first kappa shape index (κ1) is 15.5. The zero-order valence-corrected chi connectivity index (χ0v) is 12.9. The number of para-hydroxylation sites is 2. The van der Waals surface area contributed by atoms with Gasteiger partial charge in [0, 0.05) is 11.9 Å². The number of aromatic amines is 1. The minimum atomic E-state index is -0.670. The van der Waals surface area contributed by atoms with E-state index >= 15 is 0 Å². The summed E-state index contributed by atoms with van der Waals surface area (Å²) in [5.74, 6) is -0.574. The van der Waals surface area contributed by atoms with Gasteiger partial charge in [-0.1, -0.05) is 36.4 Å². The third-order valence-corrected chi connectivity index (χ3v) is 3.63. The fraction of sp³-hybridized carbons (Fsp3) is 0.0556. The summed E-state index contributed by atoms with van der Waals surface area (Å²) >= 11 is 0. The van der Waals surface area contributed by atoms with E-state index in [2.05, 4.69) is 10.3 Å². The molecule has 0 unspecified atom stereocenters. The lowest BCUT2D eigenvalue weighted by molar-refractivity contribution is 0.102. The van der Waals surface area contributed by atoms with Gasteiger partial charge in [-0.2, -0.15) is 0 Å². The predicted molar refractivity (Wildman–Crippen MR) is 91.8 cm³/mol. The molecule has 120 valence electrons. The summed E-state index contributed by atoms with van der Waals surface area (Å²) in [5, 5.41) is 2.69. The number of amides is 1. The smallest absolute Gasteiger partial charge is 0.322 e. The van der Waals surface area contributed by atoms with Gasteiger partial charge in [-0.15, -0.1) is 0 Å². The fourth-order valence-electron chi connectivity index (χ4n) is 2.35. The summed E-state index contributed by atoms with van der Waals surface area (Å²) in [6.45, 7) is 1.85. The summed E-state index contributed by atoms with van der Waals surface area (Å²) in [6, 6.07) is 15.7. The standard InChI is InChI=1S/C18H15N3O3/c1-12-7-5-6-10-15(12)20-16(22)14-11-19-18(24)21(17(14)23)13-8-3-2-4-9-13/h2-11H,1H3,(H,19,24)(H,20,22). The van der Waals surface area contributed by atoms with Gasteiger partial charge >= 0.3 is 5.69 Å². The minimum absolute atomic E-state index is 0.137. The zero-order chi connectivity index (χ0) is 17.1. The Labute approximate surface area is 137 Å². The van der Waals surface area contributed by atoms with Crippen LogP contribution in [-0.2, 0) is 0 Å². The molecule has 0 aliphatic rings. The molecule has 2 N–H and O–H groups in total. The van der Waals surface area contributed by atoms with E-state index in [0.29, 0.717) is 11.4 Å². The molecule has 6 heteroatoms. The molecule has 1 heterocycles. The zero-order valence-electron chi connectivity index (χ0n) is 12.9. The third kappa shape index (κ3) is 2.89. The summed E-state index contributed by atoms with van der Waals surface area (Å²) in [4.78, 5) is 39.5. The molecular formula is C18H15N3O3. The number of nitrogens with one attached hydrogen (secondary N) is 2. The maximum atomic E-state index is 12.6. The molecule has 24 heavy (non-hydrogen) atoms. The fourth-order valence-corrected chi connectivity index (χ4v) is 2.35. The lowest BCUT2D eigenvalue weighted by Gasteiger charge is -2.09. The molecule has 0 fully saturated rings. The quantitative estimate of drug-likeness (QED) is 0.775. The second-order valence-electron chi connectivity index (χ2n) is 5.25. The first-order chi connectivity index (χ1) is 11.6. The Balaban J connectivity index is 2.04. The number of benzene rings is 2. The van der Waals surface area contributed by atoms with Crippen LogP contribution in [0.2, 0.25) is 0 Å². The molecule has 0 saturated carbocycles. The van der Waals surface area contributed by atoms with Crippen LogP contribution in [-0.4, -0.2) is 15.5 Å². The van der Waals surface area contributed by atoms with Crippen molar-refractivity contribution in [2.24, 2.45) is 0 Å². The molecule has 1 aromatic heterocycles. The number of aryl methyl sites for hydroxylation is 1. The van der Waals surface area contributed by atoms with E-state index in [4.69, 9.17) is 0 Å². The Morgan fingerprint density at radius 1 is 1.00 bits per heavy atom. The van der Waals surface area contributed by atoms with Gasteiger partial charge < -0.3 is 10.3 Å².